The number of rotatable bonds is 2. The molecular weight excluding hydrogens is 238 g/mol. The number of ether oxygens (including phenoxy) is 1. The maximum Gasteiger partial charge on any atom is 0.314 e. The number of aliphatic hydroxyl groups is 1. The third kappa shape index (κ3) is 3.17. The molecule has 0 spiro atoms. The van der Waals surface area contributed by atoms with E-state index in [0.29, 0.717) is 0 Å². The lowest BCUT2D eigenvalue weighted by molar-refractivity contribution is -0.157. The van der Waals surface area contributed by atoms with Gasteiger partial charge in [-0.1, -0.05) is 34.8 Å². The Morgan fingerprint density at radius 2 is 1.77 bits per heavy atom. The molecule has 0 aliphatic rings. The summed E-state index contributed by atoms with van der Waals surface area (Å²) in [6.45, 7) is 2.87. The van der Waals surface area contributed by atoms with Gasteiger partial charge in [0.05, 0.1) is 12.5 Å². The second-order valence-electron chi connectivity index (χ2n) is 3.16. The highest BCUT2D eigenvalue weighted by Gasteiger charge is 2.47. The zero-order chi connectivity index (χ0) is 10.9. The first-order valence-electron chi connectivity index (χ1n) is 3.47. The first-order chi connectivity index (χ1) is 5.64. The largest absolute Gasteiger partial charge is 0.469 e. The number of aliphatic hydroxyl groups excluding tert-OH is 1. The van der Waals surface area contributed by atoms with E-state index in [-0.39, 0.29) is 0 Å². The highest BCUT2D eigenvalue weighted by Crippen LogP contribution is 2.39. The number of hydrogen-bond donors (Lipinski definition) is 1. The summed E-state index contributed by atoms with van der Waals surface area (Å²) in [5.74, 6) is -0.633. The average molecular weight is 250 g/mol. The minimum atomic E-state index is -1.91. The Morgan fingerprint density at radius 1 is 1.38 bits per heavy atom. The normalized spacial score (nSPS) is 15.3. The van der Waals surface area contributed by atoms with E-state index in [1.165, 1.54) is 21.0 Å². The second-order valence-corrected chi connectivity index (χ2v) is 5.53. The average Bonchev–Trinajstić information content (AvgIpc) is 1.99. The van der Waals surface area contributed by atoms with Crippen molar-refractivity contribution in [3.63, 3.8) is 0 Å². The van der Waals surface area contributed by atoms with Crippen molar-refractivity contribution in [2.24, 2.45) is 5.41 Å². The minimum Gasteiger partial charge on any atom is -0.469 e. The number of esters is 1. The van der Waals surface area contributed by atoms with E-state index in [9.17, 15) is 9.90 Å². The highest BCUT2D eigenvalue weighted by molar-refractivity contribution is 6.68. The second kappa shape index (κ2) is 4.22. The topological polar surface area (TPSA) is 46.5 Å². The van der Waals surface area contributed by atoms with Crippen LogP contribution in [0.25, 0.3) is 0 Å². The van der Waals surface area contributed by atoms with Crippen molar-refractivity contribution in [3.05, 3.63) is 0 Å². The molecule has 0 aromatic rings. The number of hydrogen-bond acceptors (Lipinski definition) is 3. The predicted octanol–water partition coefficient (Wildman–Crippen LogP) is 1.92. The first kappa shape index (κ1) is 13.3. The van der Waals surface area contributed by atoms with Gasteiger partial charge < -0.3 is 9.84 Å². The summed E-state index contributed by atoms with van der Waals surface area (Å²) in [6.07, 6.45) is -1.42. The summed E-state index contributed by atoms with van der Waals surface area (Å²) in [6, 6.07) is 0. The van der Waals surface area contributed by atoms with Crippen molar-refractivity contribution < 1.29 is 14.6 Å². The fourth-order valence-corrected chi connectivity index (χ4v) is 1.60. The van der Waals surface area contributed by atoms with Gasteiger partial charge in [-0.3, -0.25) is 4.79 Å². The van der Waals surface area contributed by atoms with Crippen LogP contribution in [0.1, 0.15) is 13.8 Å². The van der Waals surface area contributed by atoms with E-state index in [0.717, 1.165) is 0 Å². The zero-order valence-electron chi connectivity index (χ0n) is 7.47. The molecule has 0 bridgehead atoms. The third-order valence-electron chi connectivity index (χ3n) is 1.71. The molecule has 1 N–H and O–H groups in total. The van der Waals surface area contributed by atoms with Crippen molar-refractivity contribution in [2.75, 3.05) is 7.11 Å². The summed E-state index contributed by atoms with van der Waals surface area (Å²) < 4.78 is 2.55. The fourth-order valence-electron chi connectivity index (χ4n) is 0.784. The molecule has 0 aliphatic carbocycles. The maximum absolute atomic E-state index is 11.2. The molecule has 0 rings (SSSR count). The van der Waals surface area contributed by atoms with Gasteiger partial charge in [-0.05, 0) is 13.8 Å². The van der Waals surface area contributed by atoms with Crippen LogP contribution in [-0.4, -0.2) is 28.1 Å². The molecule has 0 saturated heterocycles. The quantitative estimate of drug-likeness (QED) is 0.601. The molecule has 0 amide bonds. The standard InChI is InChI=1S/C7H11Cl3O3/c1-6(2,5(12)13-3)4(11)7(8,9)10/h4,11H,1-3H3. The molecule has 6 heteroatoms. The molecule has 13 heavy (non-hydrogen) atoms. The lowest BCUT2D eigenvalue weighted by Gasteiger charge is -2.31. The third-order valence-corrected chi connectivity index (χ3v) is 2.33. The molecule has 0 aromatic heterocycles. The van der Waals surface area contributed by atoms with Crippen LogP contribution in [0.3, 0.4) is 0 Å². The van der Waals surface area contributed by atoms with Crippen molar-refractivity contribution in [2.45, 2.75) is 23.7 Å². The summed E-state index contributed by atoms with van der Waals surface area (Å²) in [5, 5.41) is 9.52. The van der Waals surface area contributed by atoms with Gasteiger partial charge in [-0.15, -0.1) is 0 Å². The minimum absolute atomic E-state index is 0.633. The molecular formula is C7H11Cl3O3. The summed E-state index contributed by atoms with van der Waals surface area (Å²) in [5.41, 5.74) is -1.25. The van der Waals surface area contributed by atoms with E-state index in [1.54, 1.807) is 0 Å². The zero-order valence-corrected chi connectivity index (χ0v) is 9.74. The van der Waals surface area contributed by atoms with Crippen molar-refractivity contribution in [3.8, 4) is 0 Å². The Morgan fingerprint density at radius 3 is 2.00 bits per heavy atom. The van der Waals surface area contributed by atoms with Gasteiger partial charge in [0.25, 0.3) is 0 Å². The van der Waals surface area contributed by atoms with Crippen molar-refractivity contribution >= 4 is 40.8 Å². The van der Waals surface area contributed by atoms with Crippen LogP contribution in [0, 0.1) is 5.41 Å². The van der Waals surface area contributed by atoms with Crippen molar-refractivity contribution in [1.29, 1.82) is 0 Å². The van der Waals surface area contributed by atoms with E-state index < -0.39 is 21.3 Å². The van der Waals surface area contributed by atoms with Crippen LogP contribution >= 0.6 is 34.8 Å². The lowest BCUT2D eigenvalue weighted by Crippen LogP contribution is -2.45. The van der Waals surface area contributed by atoms with Crippen molar-refractivity contribution in [1.82, 2.24) is 0 Å². The lowest BCUT2D eigenvalue weighted by atomic mass is 9.87. The molecule has 1 atom stereocenters. The van der Waals surface area contributed by atoms with Crippen LogP contribution in [0.15, 0.2) is 0 Å². The maximum atomic E-state index is 11.2. The van der Waals surface area contributed by atoms with E-state index in [4.69, 9.17) is 34.8 Å². The molecule has 0 saturated carbocycles. The molecule has 0 fully saturated rings. The number of carbonyl (C=O) groups is 1. The first-order valence-corrected chi connectivity index (χ1v) is 4.60. The SMILES string of the molecule is COC(=O)C(C)(C)C(O)C(Cl)(Cl)Cl. The van der Waals surface area contributed by atoms with Crippen LogP contribution in [0.4, 0.5) is 0 Å². The molecule has 0 aromatic carbocycles. The van der Waals surface area contributed by atoms with Gasteiger partial charge in [0.1, 0.15) is 6.10 Å². The van der Waals surface area contributed by atoms with Gasteiger partial charge >= 0.3 is 5.97 Å². The molecule has 3 nitrogen and oxygen atoms in total. The van der Waals surface area contributed by atoms with Gasteiger partial charge in [-0.2, -0.15) is 0 Å². The summed E-state index contributed by atoms with van der Waals surface area (Å²) >= 11 is 16.3. The summed E-state index contributed by atoms with van der Waals surface area (Å²) in [7, 11) is 1.20. The monoisotopic (exact) mass is 248 g/mol. The number of methoxy groups -OCH3 is 1. The van der Waals surface area contributed by atoms with Crippen LogP contribution < -0.4 is 0 Å². The van der Waals surface area contributed by atoms with Crippen LogP contribution in [0.2, 0.25) is 0 Å². The van der Waals surface area contributed by atoms with E-state index in [1.807, 2.05) is 0 Å². The molecule has 78 valence electrons. The smallest absolute Gasteiger partial charge is 0.314 e. The molecule has 0 radical (unpaired) electrons. The fraction of sp³-hybridized carbons (Fsp3) is 0.857. The van der Waals surface area contributed by atoms with Crippen LogP contribution in [-0.2, 0) is 9.53 Å². The van der Waals surface area contributed by atoms with Gasteiger partial charge in [-0.25, -0.2) is 0 Å². The van der Waals surface area contributed by atoms with E-state index >= 15 is 0 Å². The molecule has 0 aliphatic heterocycles. The Hall–Kier alpha value is 0.300. The predicted molar refractivity (Wildman–Crippen MR) is 52.1 cm³/mol. The number of halogens is 3. The molecule has 0 heterocycles. The van der Waals surface area contributed by atoms with Gasteiger partial charge in [0.15, 0.2) is 0 Å². The Bertz CT molecular complexity index is 198. The van der Waals surface area contributed by atoms with E-state index in [2.05, 4.69) is 4.74 Å². The van der Waals surface area contributed by atoms with Gasteiger partial charge in [0.2, 0.25) is 3.79 Å². The Balaban J connectivity index is 4.74. The Labute approximate surface area is 91.9 Å². The van der Waals surface area contributed by atoms with Crippen LogP contribution in [0.5, 0.6) is 0 Å². The van der Waals surface area contributed by atoms with Gasteiger partial charge in [0, 0.05) is 0 Å². The summed E-state index contributed by atoms with van der Waals surface area (Å²) in [4.78, 5) is 11.2. The highest BCUT2D eigenvalue weighted by atomic mass is 35.6. The number of carbonyl (C=O) groups excluding carboxylic acids is 1. The molecule has 1 unspecified atom stereocenters. The number of alkyl halides is 3. The Kier molecular flexibility index (Phi) is 4.31.